The minimum atomic E-state index is -0.809. The van der Waals surface area contributed by atoms with Crippen molar-refractivity contribution >= 4 is 12.0 Å². The Bertz CT molecular complexity index is 284. The first-order valence-corrected chi connectivity index (χ1v) is 5.41. The average Bonchev–Trinajstić information content (AvgIpc) is 2.73. The van der Waals surface area contributed by atoms with E-state index in [1.165, 1.54) is 0 Å². The molecule has 2 rings (SSSR count). The highest BCUT2D eigenvalue weighted by molar-refractivity contribution is 5.78. The van der Waals surface area contributed by atoms with E-state index < -0.39 is 11.5 Å². The largest absolute Gasteiger partial charge is 0.481 e. The standard InChI is InChI=1S/C10H16N2O3/c13-8(14)7-10(3-1-2-4-10)12-6-5-11-9(12)15/h1-7H2,(H,11,15)(H,13,14). The van der Waals surface area contributed by atoms with Crippen LogP contribution in [0.25, 0.3) is 0 Å². The molecule has 0 unspecified atom stereocenters. The first kappa shape index (κ1) is 10.3. The van der Waals surface area contributed by atoms with Crippen LogP contribution >= 0.6 is 0 Å². The fourth-order valence-corrected chi connectivity index (χ4v) is 2.78. The van der Waals surface area contributed by atoms with Gasteiger partial charge in [0.1, 0.15) is 0 Å². The van der Waals surface area contributed by atoms with Crippen molar-refractivity contribution in [3.8, 4) is 0 Å². The fourth-order valence-electron chi connectivity index (χ4n) is 2.78. The summed E-state index contributed by atoms with van der Waals surface area (Å²) in [6, 6.07) is -0.0989. The summed E-state index contributed by atoms with van der Waals surface area (Å²) < 4.78 is 0. The topological polar surface area (TPSA) is 69.6 Å². The summed E-state index contributed by atoms with van der Waals surface area (Å²) in [7, 11) is 0. The predicted molar refractivity (Wildman–Crippen MR) is 53.6 cm³/mol. The SMILES string of the molecule is O=C(O)CC1(N2CCNC2=O)CCCC1. The summed E-state index contributed by atoms with van der Waals surface area (Å²) >= 11 is 0. The Balaban J connectivity index is 2.17. The zero-order chi connectivity index (χ0) is 10.9. The molecule has 2 fully saturated rings. The highest BCUT2D eigenvalue weighted by atomic mass is 16.4. The van der Waals surface area contributed by atoms with Gasteiger partial charge in [-0.25, -0.2) is 4.79 Å². The maximum atomic E-state index is 11.6. The van der Waals surface area contributed by atoms with Gasteiger partial charge in [-0.15, -0.1) is 0 Å². The van der Waals surface area contributed by atoms with Gasteiger partial charge in [-0.3, -0.25) is 4.79 Å². The first-order valence-electron chi connectivity index (χ1n) is 5.41. The molecule has 2 amide bonds. The van der Waals surface area contributed by atoms with Crippen molar-refractivity contribution in [1.29, 1.82) is 0 Å². The molecule has 5 nitrogen and oxygen atoms in total. The van der Waals surface area contributed by atoms with Crippen molar-refractivity contribution in [3.63, 3.8) is 0 Å². The van der Waals surface area contributed by atoms with Crippen molar-refractivity contribution < 1.29 is 14.7 Å². The van der Waals surface area contributed by atoms with E-state index in [9.17, 15) is 9.59 Å². The molecule has 0 radical (unpaired) electrons. The normalized spacial score (nSPS) is 24.3. The molecule has 0 aromatic carbocycles. The van der Waals surface area contributed by atoms with Crippen molar-refractivity contribution in [3.05, 3.63) is 0 Å². The van der Waals surface area contributed by atoms with Gasteiger partial charge in [0.15, 0.2) is 0 Å². The minimum absolute atomic E-state index is 0.0837. The summed E-state index contributed by atoms with van der Waals surface area (Å²) in [6.07, 6.45) is 3.79. The molecule has 2 aliphatic rings. The average molecular weight is 212 g/mol. The molecule has 0 atom stereocenters. The van der Waals surface area contributed by atoms with Gasteiger partial charge < -0.3 is 15.3 Å². The van der Waals surface area contributed by atoms with E-state index in [-0.39, 0.29) is 12.5 Å². The number of hydrogen-bond donors (Lipinski definition) is 2. The summed E-state index contributed by atoms with van der Waals surface area (Å²) in [6.45, 7) is 1.28. The monoisotopic (exact) mass is 212 g/mol. The van der Waals surface area contributed by atoms with E-state index in [0.717, 1.165) is 25.7 Å². The van der Waals surface area contributed by atoms with Crippen LogP contribution in [0, 0.1) is 0 Å². The number of amides is 2. The van der Waals surface area contributed by atoms with E-state index in [0.29, 0.717) is 13.1 Å². The van der Waals surface area contributed by atoms with Gasteiger partial charge in [-0.2, -0.15) is 0 Å². The van der Waals surface area contributed by atoms with Crippen molar-refractivity contribution in [2.45, 2.75) is 37.6 Å². The van der Waals surface area contributed by atoms with E-state index in [1.54, 1.807) is 4.90 Å². The highest BCUT2D eigenvalue weighted by Gasteiger charge is 2.45. The molecular formula is C10H16N2O3. The third-order valence-corrected chi connectivity index (χ3v) is 3.44. The number of aliphatic carboxylic acids is 1. The number of carboxylic acid groups (broad SMARTS) is 1. The first-order chi connectivity index (χ1) is 7.14. The second kappa shape index (κ2) is 3.72. The van der Waals surface area contributed by atoms with E-state index in [1.807, 2.05) is 0 Å². The number of rotatable bonds is 3. The van der Waals surface area contributed by atoms with Crippen LogP contribution < -0.4 is 5.32 Å². The molecule has 1 saturated heterocycles. The Kier molecular flexibility index (Phi) is 2.54. The van der Waals surface area contributed by atoms with Gasteiger partial charge >= 0.3 is 12.0 Å². The molecule has 1 saturated carbocycles. The van der Waals surface area contributed by atoms with Crippen molar-refractivity contribution in [2.75, 3.05) is 13.1 Å². The Labute approximate surface area is 88.4 Å². The number of urea groups is 1. The Morgan fingerprint density at radius 3 is 2.60 bits per heavy atom. The Hall–Kier alpha value is -1.26. The van der Waals surface area contributed by atoms with Crippen LogP contribution in [0.15, 0.2) is 0 Å². The van der Waals surface area contributed by atoms with Crippen LogP contribution in [0.1, 0.15) is 32.1 Å². The molecule has 2 N–H and O–H groups in total. The van der Waals surface area contributed by atoms with Crippen LogP contribution in [0.4, 0.5) is 4.79 Å². The molecule has 5 heteroatoms. The molecule has 0 aromatic rings. The highest BCUT2D eigenvalue weighted by Crippen LogP contribution is 2.38. The van der Waals surface area contributed by atoms with Crippen molar-refractivity contribution in [2.24, 2.45) is 0 Å². The molecule has 1 heterocycles. The molecule has 1 aliphatic heterocycles. The summed E-state index contributed by atoms with van der Waals surface area (Å²) in [5.41, 5.74) is -0.410. The van der Waals surface area contributed by atoms with Crippen LogP contribution in [0.5, 0.6) is 0 Å². The lowest BCUT2D eigenvalue weighted by Gasteiger charge is -2.36. The van der Waals surface area contributed by atoms with Gasteiger partial charge in [0.25, 0.3) is 0 Å². The molecular weight excluding hydrogens is 196 g/mol. The lowest BCUT2D eigenvalue weighted by atomic mass is 9.91. The van der Waals surface area contributed by atoms with Crippen LogP contribution in [-0.2, 0) is 4.79 Å². The second-order valence-corrected chi connectivity index (χ2v) is 4.39. The molecule has 0 bridgehead atoms. The number of carbonyl (C=O) groups is 2. The zero-order valence-electron chi connectivity index (χ0n) is 8.66. The lowest BCUT2D eigenvalue weighted by Crippen LogP contribution is -2.49. The minimum Gasteiger partial charge on any atom is -0.481 e. The van der Waals surface area contributed by atoms with Crippen LogP contribution in [-0.4, -0.2) is 40.6 Å². The van der Waals surface area contributed by atoms with Gasteiger partial charge in [-0.1, -0.05) is 12.8 Å². The second-order valence-electron chi connectivity index (χ2n) is 4.39. The number of carbonyl (C=O) groups excluding carboxylic acids is 1. The zero-order valence-corrected chi connectivity index (χ0v) is 8.66. The predicted octanol–water partition coefficient (Wildman–Crippen LogP) is 0.799. The smallest absolute Gasteiger partial charge is 0.318 e. The quantitative estimate of drug-likeness (QED) is 0.727. The van der Waals surface area contributed by atoms with Gasteiger partial charge in [0.05, 0.1) is 12.0 Å². The third kappa shape index (κ3) is 1.78. The molecule has 0 spiro atoms. The molecule has 0 aromatic heterocycles. The van der Waals surface area contributed by atoms with Crippen LogP contribution in [0.3, 0.4) is 0 Å². The number of carboxylic acids is 1. The van der Waals surface area contributed by atoms with Gasteiger partial charge in [-0.05, 0) is 12.8 Å². The van der Waals surface area contributed by atoms with E-state index in [2.05, 4.69) is 5.32 Å². The van der Waals surface area contributed by atoms with E-state index >= 15 is 0 Å². The fraction of sp³-hybridized carbons (Fsp3) is 0.800. The van der Waals surface area contributed by atoms with Crippen LogP contribution in [0.2, 0.25) is 0 Å². The van der Waals surface area contributed by atoms with Gasteiger partial charge in [0.2, 0.25) is 0 Å². The van der Waals surface area contributed by atoms with E-state index in [4.69, 9.17) is 5.11 Å². The van der Waals surface area contributed by atoms with Crippen molar-refractivity contribution in [1.82, 2.24) is 10.2 Å². The van der Waals surface area contributed by atoms with Gasteiger partial charge in [0, 0.05) is 13.1 Å². The molecule has 84 valence electrons. The number of nitrogens with zero attached hydrogens (tertiary/aromatic N) is 1. The Morgan fingerprint density at radius 1 is 1.47 bits per heavy atom. The third-order valence-electron chi connectivity index (χ3n) is 3.44. The molecule has 1 aliphatic carbocycles. The number of hydrogen-bond acceptors (Lipinski definition) is 2. The summed E-state index contributed by atoms with van der Waals surface area (Å²) in [5.74, 6) is -0.809. The maximum Gasteiger partial charge on any atom is 0.318 e. The lowest BCUT2D eigenvalue weighted by molar-refractivity contribution is -0.139. The Morgan fingerprint density at radius 2 is 2.13 bits per heavy atom. The maximum absolute atomic E-state index is 11.6. The summed E-state index contributed by atoms with van der Waals surface area (Å²) in [4.78, 5) is 24.2. The summed E-state index contributed by atoms with van der Waals surface area (Å²) in [5, 5.41) is 11.7. The number of nitrogens with one attached hydrogen (secondary N) is 1. The molecule has 15 heavy (non-hydrogen) atoms.